The lowest BCUT2D eigenvalue weighted by atomic mass is 9.86. The van der Waals surface area contributed by atoms with Crippen LogP contribution < -0.4 is 5.32 Å². The van der Waals surface area contributed by atoms with Crippen molar-refractivity contribution in [1.82, 2.24) is 15.5 Å². The number of aryl methyl sites for hydroxylation is 1. The summed E-state index contributed by atoms with van der Waals surface area (Å²) in [5, 5.41) is 7.18. The van der Waals surface area contributed by atoms with E-state index in [9.17, 15) is 4.79 Å². The van der Waals surface area contributed by atoms with Crippen LogP contribution in [0.3, 0.4) is 0 Å². The number of amides is 1. The van der Waals surface area contributed by atoms with Crippen LogP contribution in [0, 0.1) is 5.92 Å². The molecule has 1 heterocycles. The first kappa shape index (κ1) is 17.0. The van der Waals surface area contributed by atoms with Crippen molar-refractivity contribution in [2.24, 2.45) is 5.92 Å². The van der Waals surface area contributed by atoms with Crippen molar-refractivity contribution in [2.75, 3.05) is 0 Å². The van der Waals surface area contributed by atoms with Gasteiger partial charge in [-0.25, -0.2) is 0 Å². The maximum Gasteiger partial charge on any atom is 0.226 e. The fourth-order valence-electron chi connectivity index (χ4n) is 2.87. The first-order chi connectivity index (χ1) is 10.4. The van der Waals surface area contributed by atoms with Gasteiger partial charge in [0.05, 0.1) is 0 Å². The lowest BCUT2D eigenvalue weighted by Gasteiger charge is -2.29. The van der Waals surface area contributed by atoms with Crippen LogP contribution >= 0.6 is 0 Å². The zero-order chi connectivity index (χ0) is 16.2. The predicted octanol–water partition coefficient (Wildman–Crippen LogP) is 3.38. The summed E-state index contributed by atoms with van der Waals surface area (Å²) in [5.41, 5.74) is -0.101. The standard InChI is InChI=1S/C17H29N3O2/c1-12-8-5-6-9-13(12)18-14(21)10-7-11-15-19-16(20-22-15)17(2,3)4/h12-13H,5-11H2,1-4H3,(H,18,21)/t12-,13+/m1/s1. The number of rotatable bonds is 5. The van der Waals surface area contributed by atoms with E-state index in [0.29, 0.717) is 30.7 Å². The minimum absolute atomic E-state index is 0.101. The molecule has 1 saturated carbocycles. The van der Waals surface area contributed by atoms with E-state index in [1.165, 1.54) is 19.3 Å². The number of hydrogen-bond acceptors (Lipinski definition) is 4. The molecule has 1 aromatic heterocycles. The first-order valence-electron chi connectivity index (χ1n) is 8.48. The van der Waals surface area contributed by atoms with Gasteiger partial charge in [-0.15, -0.1) is 0 Å². The molecule has 0 bridgehead atoms. The summed E-state index contributed by atoms with van der Waals surface area (Å²) in [6.45, 7) is 8.40. The van der Waals surface area contributed by atoms with Gasteiger partial charge in [0.25, 0.3) is 0 Å². The van der Waals surface area contributed by atoms with Crippen molar-refractivity contribution in [1.29, 1.82) is 0 Å². The Kier molecular flexibility index (Phi) is 5.59. The van der Waals surface area contributed by atoms with Crippen LogP contribution in [0.5, 0.6) is 0 Å². The number of carbonyl (C=O) groups is 1. The van der Waals surface area contributed by atoms with Crippen LogP contribution in [0.4, 0.5) is 0 Å². The highest BCUT2D eigenvalue weighted by molar-refractivity contribution is 5.76. The fourth-order valence-corrected chi connectivity index (χ4v) is 2.87. The van der Waals surface area contributed by atoms with E-state index >= 15 is 0 Å². The van der Waals surface area contributed by atoms with Crippen molar-refractivity contribution in [3.8, 4) is 0 Å². The van der Waals surface area contributed by atoms with Gasteiger partial charge in [-0.1, -0.05) is 45.7 Å². The van der Waals surface area contributed by atoms with Crippen LogP contribution in [-0.4, -0.2) is 22.1 Å². The first-order valence-corrected chi connectivity index (χ1v) is 8.48. The molecule has 1 aliphatic rings. The minimum atomic E-state index is -0.101. The van der Waals surface area contributed by atoms with Crippen molar-refractivity contribution in [3.63, 3.8) is 0 Å². The molecule has 0 spiro atoms. The summed E-state index contributed by atoms with van der Waals surface area (Å²) >= 11 is 0. The van der Waals surface area contributed by atoms with Crippen molar-refractivity contribution < 1.29 is 9.32 Å². The summed E-state index contributed by atoms with van der Waals surface area (Å²) in [5.74, 6) is 2.10. The Bertz CT molecular complexity index is 490. The van der Waals surface area contributed by atoms with Crippen LogP contribution in [0.15, 0.2) is 4.52 Å². The number of carbonyl (C=O) groups excluding carboxylic acids is 1. The van der Waals surface area contributed by atoms with Crippen molar-refractivity contribution >= 4 is 5.91 Å². The molecule has 0 radical (unpaired) electrons. The molecule has 2 rings (SSSR count). The Morgan fingerprint density at radius 2 is 2.05 bits per heavy atom. The fraction of sp³-hybridized carbons (Fsp3) is 0.824. The zero-order valence-electron chi connectivity index (χ0n) is 14.3. The Morgan fingerprint density at radius 1 is 1.32 bits per heavy atom. The normalized spacial score (nSPS) is 22.5. The lowest BCUT2D eigenvalue weighted by molar-refractivity contribution is -0.122. The third kappa shape index (κ3) is 4.82. The van der Waals surface area contributed by atoms with E-state index in [-0.39, 0.29) is 11.3 Å². The second-order valence-electron chi connectivity index (χ2n) is 7.55. The SMILES string of the molecule is C[C@@H]1CCCC[C@@H]1NC(=O)CCCc1nc(C(C)(C)C)no1. The van der Waals surface area contributed by atoms with E-state index in [2.05, 4.69) is 43.2 Å². The molecule has 2 atom stereocenters. The molecular weight excluding hydrogens is 278 g/mol. The molecule has 1 N–H and O–H groups in total. The number of aromatic nitrogens is 2. The molecular formula is C17H29N3O2. The highest BCUT2D eigenvalue weighted by Gasteiger charge is 2.23. The van der Waals surface area contributed by atoms with Crippen LogP contribution in [0.1, 0.15) is 77.9 Å². The zero-order valence-corrected chi connectivity index (χ0v) is 14.3. The Balaban J connectivity index is 1.71. The maximum absolute atomic E-state index is 12.0. The Hall–Kier alpha value is -1.39. The van der Waals surface area contributed by atoms with Gasteiger partial charge in [0, 0.05) is 24.3 Å². The van der Waals surface area contributed by atoms with Gasteiger partial charge < -0.3 is 9.84 Å². The molecule has 0 aromatic carbocycles. The van der Waals surface area contributed by atoms with Gasteiger partial charge in [0.2, 0.25) is 11.8 Å². The second-order valence-corrected chi connectivity index (χ2v) is 7.55. The third-order valence-corrected chi connectivity index (χ3v) is 4.39. The third-order valence-electron chi connectivity index (χ3n) is 4.39. The summed E-state index contributed by atoms with van der Waals surface area (Å²) in [7, 11) is 0. The highest BCUT2D eigenvalue weighted by atomic mass is 16.5. The summed E-state index contributed by atoms with van der Waals surface area (Å²) in [6, 6.07) is 0.358. The topological polar surface area (TPSA) is 68.0 Å². The van der Waals surface area contributed by atoms with E-state index in [4.69, 9.17) is 4.52 Å². The molecule has 0 saturated heterocycles. The van der Waals surface area contributed by atoms with Gasteiger partial charge in [-0.3, -0.25) is 4.79 Å². The molecule has 5 nitrogen and oxygen atoms in total. The average Bonchev–Trinajstić information content (AvgIpc) is 2.90. The molecule has 1 aliphatic carbocycles. The Labute approximate surface area is 133 Å². The van der Waals surface area contributed by atoms with E-state index in [1.807, 2.05) is 0 Å². The maximum atomic E-state index is 12.0. The molecule has 124 valence electrons. The number of nitrogens with one attached hydrogen (secondary N) is 1. The molecule has 22 heavy (non-hydrogen) atoms. The molecule has 1 amide bonds. The highest BCUT2D eigenvalue weighted by Crippen LogP contribution is 2.24. The van der Waals surface area contributed by atoms with Gasteiger partial charge in [-0.05, 0) is 25.2 Å². The van der Waals surface area contributed by atoms with Gasteiger partial charge in [0.1, 0.15) is 0 Å². The second kappa shape index (κ2) is 7.25. The minimum Gasteiger partial charge on any atom is -0.353 e. The molecule has 0 unspecified atom stereocenters. The summed E-state index contributed by atoms with van der Waals surface area (Å²) in [4.78, 5) is 16.4. The molecule has 1 fully saturated rings. The van der Waals surface area contributed by atoms with Gasteiger partial charge in [0.15, 0.2) is 5.82 Å². The van der Waals surface area contributed by atoms with Crippen LogP contribution in [-0.2, 0) is 16.6 Å². The number of nitrogens with zero attached hydrogens (tertiary/aromatic N) is 2. The summed E-state index contributed by atoms with van der Waals surface area (Å²) in [6.07, 6.45) is 6.80. The van der Waals surface area contributed by atoms with E-state index in [0.717, 1.165) is 18.7 Å². The van der Waals surface area contributed by atoms with Gasteiger partial charge in [-0.2, -0.15) is 4.98 Å². The monoisotopic (exact) mass is 307 g/mol. The van der Waals surface area contributed by atoms with Crippen LogP contribution in [0.25, 0.3) is 0 Å². The Morgan fingerprint density at radius 3 is 2.68 bits per heavy atom. The largest absolute Gasteiger partial charge is 0.353 e. The quantitative estimate of drug-likeness (QED) is 0.905. The van der Waals surface area contributed by atoms with Crippen LogP contribution in [0.2, 0.25) is 0 Å². The van der Waals surface area contributed by atoms with Gasteiger partial charge >= 0.3 is 0 Å². The lowest BCUT2D eigenvalue weighted by Crippen LogP contribution is -2.40. The smallest absolute Gasteiger partial charge is 0.226 e. The van der Waals surface area contributed by atoms with E-state index in [1.54, 1.807) is 0 Å². The van der Waals surface area contributed by atoms with Crippen molar-refractivity contribution in [3.05, 3.63) is 11.7 Å². The summed E-state index contributed by atoms with van der Waals surface area (Å²) < 4.78 is 5.25. The average molecular weight is 307 g/mol. The predicted molar refractivity (Wildman–Crippen MR) is 85.5 cm³/mol. The molecule has 0 aliphatic heterocycles. The molecule has 1 aromatic rings. The van der Waals surface area contributed by atoms with E-state index < -0.39 is 0 Å². The molecule has 5 heteroatoms. The van der Waals surface area contributed by atoms with Crippen molar-refractivity contribution in [2.45, 2.75) is 84.1 Å². The number of hydrogen-bond donors (Lipinski definition) is 1.